The molecule has 0 fully saturated rings. The molecule has 0 atom stereocenters. The van der Waals surface area contributed by atoms with Gasteiger partial charge in [-0.25, -0.2) is 4.98 Å². The summed E-state index contributed by atoms with van der Waals surface area (Å²) in [6.45, 7) is 0.299. The smallest absolute Gasteiger partial charge is 0.293 e. The Balaban J connectivity index is 1.77. The second-order valence-corrected chi connectivity index (χ2v) is 6.39. The number of pyridine rings is 1. The molecule has 0 aliphatic carbocycles. The fraction of sp³-hybridized carbons (Fsp3) is 0.136. The van der Waals surface area contributed by atoms with Gasteiger partial charge in [-0.1, -0.05) is 18.2 Å². The molecule has 1 heterocycles. The van der Waals surface area contributed by atoms with Gasteiger partial charge in [0.2, 0.25) is 0 Å². The molecule has 0 bridgehead atoms. The Kier molecular flexibility index (Phi) is 7.11. The zero-order valence-electron chi connectivity index (χ0n) is 16.4. The molecule has 0 saturated carbocycles. The number of aromatic nitrogens is 1. The number of nitro benzene ring substituents is 1. The van der Waals surface area contributed by atoms with Gasteiger partial charge in [0, 0.05) is 29.9 Å². The monoisotopic (exact) mass is 417 g/mol. The molecular formula is C22H19N5O4. The lowest BCUT2D eigenvalue weighted by atomic mass is 10.1. The Morgan fingerprint density at radius 1 is 1.16 bits per heavy atom. The van der Waals surface area contributed by atoms with E-state index in [9.17, 15) is 14.9 Å². The number of nitrogens with one attached hydrogen (secondary N) is 2. The van der Waals surface area contributed by atoms with E-state index < -0.39 is 10.8 Å². The number of benzene rings is 2. The molecular weight excluding hydrogens is 398 g/mol. The molecule has 3 aromatic rings. The number of para-hydroxylation sites is 1. The molecule has 0 aliphatic rings. The minimum Gasteiger partial charge on any atom is -0.490 e. The van der Waals surface area contributed by atoms with E-state index in [4.69, 9.17) is 10.00 Å². The van der Waals surface area contributed by atoms with Crippen molar-refractivity contribution in [2.75, 3.05) is 17.2 Å². The number of hydrogen-bond donors (Lipinski definition) is 2. The summed E-state index contributed by atoms with van der Waals surface area (Å²) in [5, 5.41) is 25.8. The van der Waals surface area contributed by atoms with Crippen LogP contribution in [0.1, 0.15) is 23.2 Å². The second kappa shape index (κ2) is 10.4. The molecule has 9 nitrogen and oxygen atoms in total. The first-order chi connectivity index (χ1) is 15.1. The fourth-order valence-corrected chi connectivity index (χ4v) is 2.72. The van der Waals surface area contributed by atoms with E-state index in [0.29, 0.717) is 30.9 Å². The standard InChI is InChI=1S/C22H19N5O4/c23-12-4-5-14-31-20-9-6-13-24-21(20)26-22(28)16-10-11-18(19(15-16)27(29)30)25-17-7-2-1-3-8-17/h1-3,6-11,13,15,25H,4-5,14H2,(H,24,26,28). The lowest BCUT2D eigenvalue weighted by Gasteiger charge is -2.12. The molecule has 0 spiro atoms. The van der Waals surface area contributed by atoms with Crippen LogP contribution in [0.5, 0.6) is 5.75 Å². The van der Waals surface area contributed by atoms with E-state index in [1.54, 1.807) is 24.3 Å². The summed E-state index contributed by atoms with van der Waals surface area (Å²) in [5.74, 6) is -0.0146. The number of ether oxygens (including phenoxy) is 1. The minimum absolute atomic E-state index is 0.103. The van der Waals surface area contributed by atoms with Crippen molar-refractivity contribution >= 4 is 28.8 Å². The van der Waals surface area contributed by atoms with Crippen LogP contribution in [0.2, 0.25) is 0 Å². The van der Waals surface area contributed by atoms with Gasteiger partial charge in [-0.05, 0) is 42.8 Å². The summed E-state index contributed by atoms with van der Waals surface area (Å²) in [5.41, 5.74) is 0.832. The lowest BCUT2D eigenvalue weighted by Crippen LogP contribution is -2.14. The van der Waals surface area contributed by atoms with Gasteiger partial charge in [-0.15, -0.1) is 0 Å². The zero-order valence-corrected chi connectivity index (χ0v) is 16.4. The number of nitro groups is 1. The zero-order chi connectivity index (χ0) is 22.1. The van der Waals surface area contributed by atoms with Gasteiger partial charge in [0.25, 0.3) is 11.6 Å². The van der Waals surface area contributed by atoms with E-state index in [1.807, 2.05) is 24.3 Å². The molecule has 0 aliphatic heterocycles. The number of nitriles is 1. The largest absolute Gasteiger partial charge is 0.490 e. The molecule has 3 rings (SSSR count). The van der Waals surface area contributed by atoms with Crippen LogP contribution in [0.3, 0.4) is 0 Å². The highest BCUT2D eigenvalue weighted by molar-refractivity contribution is 6.05. The first-order valence-corrected chi connectivity index (χ1v) is 9.45. The Morgan fingerprint density at radius 3 is 2.71 bits per heavy atom. The Hall–Kier alpha value is -4.45. The number of carbonyl (C=O) groups is 1. The molecule has 156 valence electrons. The highest BCUT2D eigenvalue weighted by atomic mass is 16.6. The quantitative estimate of drug-likeness (QED) is 0.294. The molecule has 9 heteroatoms. The summed E-state index contributed by atoms with van der Waals surface area (Å²) in [6, 6.07) is 18.5. The molecule has 0 radical (unpaired) electrons. The summed E-state index contributed by atoms with van der Waals surface area (Å²) in [7, 11) is 0. The molecule has 1 amide bonds. The van der Waals surface area contributed by atoms with Crippen molar-refractivity contribution in [1.29, 1.82) is 5.26 Å². The summed E-state index contributed by atoms with van der Waals surface area (Å²) in [4.78, 5) is 27.8. The first kappa shape index (κ1) is 21.3. The number of amides is 1. The number of rotatable bonds is 9. The number of anilines is 3. The van der Waals surface area contributed by atoms with Crippen LogP contribution >= 0.6 is 0 Å². The number of hydrogen-bond acceptors (Lipinski definition) is 7. The lowest BCUT2D eigenvalue weighted by molar-refractivity contribution is -0.383. The van der Waals surface area contributed by atoms with E-state index in [0.717, 1.165) is 0 Å². The second-order valence-electron chi connectivity index (χ2n) is 6.39. The molecule has 1 aromatic heterocycles. The maximum Gasteiger partial charge on any atom is 0.293 e. The number of nitrogens with zero attached hydrogens (tertiary/aromatic N) is 3. The maximum atomic E-state index is 12.7. The minimum atomic E-state index is -0.560. The van der Waals surface area contributed by atoms with Gasteiger partial charge in [-0.3, -0.25) is 14.9 Å². The van der Waals surface area contributed by atoms with E-state index in [1.165, 1.54) is 24.4 Å². The van der Waals surface area contributed by atoms with Crippen LogP contribution in [-0.2, 0) is 0 Å². The average molecular weight is 417 g/mol. The fourth-order valence-electron chi connectivity index (χ4n) is 2.72. The number of unbranched alkanes of at least 4 members (excludes halogenated alkanes) is 1. The third kappa shape index (κ3) is 5.77. The molecule has 0 saturated heterocycles. The van der Waals surface area contributed by atoms with Crippen molar-refractivity contribution in [3.8, 4) is 11.8 Å². The van der Waals surface area contributed by atoms with Crippen LogP contribution in [0.15, 0.2) is 66.9 Å². The van der Waals surface area contributed by atoms with Crippen molar-refractivity contribution in [2.45, 2.75) is 12.8 Å². The molecule has 2 N–H and O–H groups in total. The average Bonchev–Trinajstić information content (AvgIpc) is 2.78. The van der Waals surface area contributed by atoms with E-state index in [-0.39, 0.29) is 22.8 Å². The number of carbonyl (C=O) groups excluding carboxylic acids is 1. The normalized spacial score (nSPS) is 10.0. The van der Waals surface area contributed by atoms with Gasteiger partial charge >= 0.3 is 0 Å². The highest BCUT2D eigenvalue weighted by Gasteiger charge is 2.19. The van der Waals surface area contributed by atoms with Gasteiger partial charge in [0.15, 0.2) is 11.6 Å². The van der Waals surface area contributed by atoms with Gasteiger partial charge < -0.3 is 15.4 Å². The summed E-state index contributed by atoms with van der Waals surface area (Å²) >= 11 is 0. The van der Waals surface area contributed by atoms with Crippen LogP contribution < -0.4 is 15.4 Å². The van der Waals surface area contributed by atoms with Gasteiger partial charge in [-0.2, -0.15) is 5.26 Å². The third-order valence-corrected chi connectivity index (χ3v) is 4.20. The summed E-state index contributed by atoms with van der Waals surface area (Å²) in [6.07, 6.45) is 2.39. The Labute approximate surface area is 178 Å². The van der Waals surface area contributed by atoms with Crippen molar-refractivity contribution in [3.63, 3.8) is 0 Å². The predicted molar refractivity (Wildman–Crippen MR) is 115 cm³/mol. The Morgan fingerprint density at radius 2 is 1.97 bits per heavy atom. The van der Waals surface area contributed by atoms with Crippen LogP contribution in [0.4, 0.5) is 22.9 Å². The van der Waals surface area contributed by atoms with Gasteiger partial charge in [0.05, 0.1) is 17.6 Å². The highest BCUT2D eigenvalue weighted by Crippen LogP contribution is 2.29. The van der Waals surface area contributed by atoms with Crippen molar-refractivity contribution in [2.24, 2.45) is 0 Å². The van der Waals surface area contributed by atoms with Crippen molar-refractivity contribution in [1.82, 2.24) is 4.98 Å². The SMILES string of the molecule is N#CCCCOc1cccnc1NC(=O)c1ccc(Nc2ccccc2)c([N+](=O)[O-])c1. The molecule has 31 heavy (non-hydrogen) atoms. The predicted octanol–water partition coefficient (Wildman–Crippen LogP) is 4.67. The summed E-state index contributed by atoms with van der Waals surface area (Å²) < 4.78 is 5.58. The molecule has 0 unspecified atom stereocenters. The van der Waals surface area contributed by atoms with E-state index in [2.05, 4.69) is 15.6 Å². The first-order valence-electron chi connectivity index (χ1n) is 9.45. The topological polar surface area (TPSA) is 130 Å². The van der Waals surface area contributed by atoms with E-state index >= 15 is 0 Å². The Bertz CT molecular complexity index is 1110. The van der Waals surface area contributed by atoms with Crippen molar-refractivity contribution < 1.29 is 14.5 Å². The maximum absolute atomic E-state index is 12.7. The van der Waals surface area contributed by atoms with Crippen LogP contribution in [-0.4, -0.2) is 22.4 Å². The van der Waals surface area contributed by atoms with Gasteiger partial charge in [0.1, 0.15) is 5.69 Å². The van der Waals surface area contributed by atoms with Crippen LogP contribution in [0.25, 0.3) is 0 Å². The molecule has 2 aromatic carbocycles. The van der Waals surface area contributed by atoms with Crippen LogP contribution in [0, 0.1) is 21.4 Å². The third-order valence-electron chi connectivity index (χ3n) is 4.20. The van der Waals surface area contributed by atoms with Crippen molar-refractivity contribution in [3.05, 3.63) is 82.5 Å².